The van der Waals surface area contributed by atoms with Crippen molar-refractivity contribution in [1.29, 1.82) is 0 Å². The van der Waals surface area contributed by atoms with Gasteiger partial charge in [-0.2, -0.15) is 0 Å². The molecule has 1 aliphatic rings. The Bertz CT molecular complexity index is 715. The van der Waals surface area contributed by atoms with E-state index in [1.807, 2.05) is 0 Å². The minimum Gasteiger partial charge on any atom is -0.500 e. The predicted molar refractivity (Wildman–Crippen MR) is 79.0 cm³/mol. The number of nitrogens with zero attached hydrogens (tertiary/aromatic N) is 1. The Kier molecular flexibility index (Phi) is 4.21. The van der Waals surface area contributed by atoms with Gasteiger partial charge in [0, 0.05) is 11.8 Å². The number of phenols is 1. The summed E-state index contributed by atoms with van der Waals surface area (Å²) in [6, 6.07) is 0.994. The van der Waals surface area contributed by atoms with Crippen molar-refractivity contribution in [2.24, 2.45) is 5.92 Å². The fourth-order valence-electron chi connectivity index (χ4n) is 2.53. The van der Waals surface area contributed by atoms with Crippen LogP contribution in [0.25, 0.3) is 0 Å². The Morgan fingerprint density at radius 3 is 2.65 bits per heavy atom. The number of ether oxygens (including phenoxy) is 1. The van der Waals surface area contributed by atoms with Gasteiger partial charge in [0.15, 0.2) is 5.75 Å². The van der Waals surface area contributed by atoms with Crippen LogP contribution in [0.4, 0.5) is 10.5 Å². The molecule has 0 radical (unpaired) electrons. The summed E-state index contributed by atoms with van der Waals surface area (Å²) in [7, 11) is 1.24. The zero-order valence-electron chi connectivity index (χ0n) is 12.5. The molecule has 0 saturated carbocycles. The molecule has 2 atom stereocenters. The first-order chi connectivity index (χ1) is 10.8. The molecule has 2 rings (SSSR count). The summed E-state index contributed by atoms with van der Waals surface area (Å²) in [6.07, 6.45) is 0. The smallest absolute Gasteiger partial charge is 0.319 e. The van der Waals surface area contributed by atoms with Gasteiger partial charge in [-0.05, 0) is 18.6 Å². The Morgan fingerprint density at radius 1 is 1.48 bits per heavy atom. The number of carbonyl (C=O) groups excluding carboxylic acids is 2. The summed E-state index contributed by atoms with van der Waals surface area (Å²) in [5, 5.41) is 25.8. The second-order valence-corrected chi connectivity index (χ2v) is 5.04. The van der Waals surface area contributed by atoms with E-state index in [9.17, 15) is 24.8 Å². The maximum atomic E-state index is 11.9. The van der Waals surface area contributed by atoms with Crippen LogP contribution in [0, 0.1) is 16.0 Å². The summed E-state index contributed by atoms with van der Waals surface area (Å²) in [4.78, 5) is 33.8. The van der Waals surface area contributed by atoms with Crippen molar-refractivity contribution < 1.29 is 24.4 Å². The van der Waals surface area contributed by atoms with Gasteiger partial charge in [-0.25, -0.2) is 4.79 Å². The second-order valence-electron chi connectivity index (χ2n) is 5.04. The predicted octanol–water partition coefficient (Wildman–Crippen LogP) is 1.38. The lowest BCUT2D eigenvalue weighted by Crippen LogP contribution is -2.50. The van der Waals surface area contributed by atoms with E-state index in [1.165, 1.54) is 20.1 Å². The molecule has 23 heavy (non-hydrogen) atoms. The minimum atomic E-state index is -0.859. The summed E-state index contributed by atoms with van der Waals surface area (Å²) in [6.45, 7) is 4.98. The molecular formula is C14H15N3O6. The molecule has 1 saturated heterocycles. The number of nitro groups is 1. The van der Waals surface area contributed by atoms with Crippen LogP contribution in [0.15, 0.2) is 24.4 Å². The van der Waals surface area contributed by atoms with Crippen molar-refractivity contribution in [3.8, 4) is 11.5 Å². The number of Topliss-reactive ketones (excluding diaryl/α,β-unsaturated/α-hetero) is 1. The highest BCUT2D eigenvalue weighted by Crippen LogP contribution is 2.41. The first-order valence-corrected chi connectivity index (χ1v) is 6.58. The van der Waals surface area contributed by atoms with Crippen molar-refractivity contribution in [2.45, 2.75) is 13.0 Å². The number of benzene rings is 1. The number of aromatic hydroxyl groups is 1. The number of urea groups is 1. The van der Waals surface area contributed by atoms with Crippen LogP contribution >= 0.6 is 0 Å². The van der Waals surface area contributed by atoms with Gasteiger partial charge in [0.25, 0.3) is 0 Å². The molecule has 2 unspecified atom stereocenters. The van der Waals surface area contributed by atoms with Crippen LogP contribution < -0.4 is 15.4 Å². The summed E-state index contributed by atoms with van der Waals surface area (Å²) in [5.41, 5.74) is -0.136. The maximum absolute atomic E-state index is 11.9. The molecule has 0 spiro atoms. The third kappa shape index (κ3) is 2.93. The number of hydrogen-bond acceptors (Lipinski definition) is 6. The number of nitrogens with one attached hydrogen (secondary N) is 2. The van der Waals surface area contributed by atoms with Crippen LogP contribution in [0.5, 0.6) is 11.5 Å². The molecular weight excluding hydrogens is 306 g/mol. The van der Waals surface area contributed by atoms with Crippen LogP contribution in [0.1, 0.15) is 18.5 Å². The molecule has 122 valence electrons. The van der Waals surface area contributed by atoms with E-state index in [0.717, 1.165) is 6.07 Å². The van der Waals surface area contributed by atoms with E-state index >= 15 is 0 Å². The Hall–Kier alpha value is -3.10. The van der Waals surface area contributed by atoms with Crippen molar-refractivity contribution in [1.82, 2.24) is 10.6 Å². The van der Waals surface area contributed by atoms with Crippen molar-refractivity contribution in [2.75, 3.05) is 7.11 Å². The second kappa shape index (κ2) is 5.95. The van der Waals surface area contributed by atoms with E-state index in [1.54, 1.807) is 0 Å². The van der Waals surface area contributed by atoms with E-state index in [2.05, 4.69) is 17.2 Å². The lowest BCUT2D eigenvalue weighted by molar-refractivity contribution is -0.386. The fraction of sp³-hybridized carbons (Fsp3) is 0.286. The summed E-state index contributed by atoms with van der Waals surface area (Å²) < 4.78 is 4.93. The zero-order chi connectivity index (χ0) is 17.3. The van der Waals surface area contributed by atoms with Gasteiger partial charge in [0.1, 0.15) is 5.78 Å². The number of ketones is 1. The molecule has 9 nitrogen and oxygen atoms in total. The highest BCUT2D eigenvalue weighted by molar-refractivity contribution is 5.88. The largest absolute Gasteiger partial charge is 0.500 e. The lowest BCUT2D eigenvalue weighted by atomic mass is 9.86. The standard InChI is InChI=1S/C14H15N3O6/c1-6-11(7(2)18)12(16-14(20)15-6)8-4-9(17(21)22)13(19)10(5-8)23-3/h4-5,11-12,19H,1H2,2-3H3,(H2,15,16,20). The van der Waals surface area contributed by atoms with Gasteiger partial charge in [0.2, 0.25) is 5.75 Å². The molecule has 0 aliphatic carbocycles. The van der Waals surface area contributed by atoms with E-state index in [-0.39, 0.29) is 22.8 Å². The molecule has 1 heterocycles. The van der Waals surface area contributed by atoms with Gasteiger partial charge < -0.3 is 20.5 Å². The number of rotatable bonds is 4. The third-order valence-electron chi connectivity index (χ3n) is 3.56. The average Bonchev–Trinajstić information content (AvgIpc) is 2.45. The number of nitro benzene ring substituents is 1. The monoisotopic (exact) mass is 321 g/mol. The van der Waals surface area contributed by atoms with Crippen LogP contribution in [-0.4, -0.2) is 29.0 Å². The van der Waals surface area contributed by atoms with Crippen LogP contribution in [0.3, 0.4) is 0 Å². The van der Waals surface area contributed by atoms with Crippen molar-refractivity contribution in [3.63, 3.8) is 0 Å². The molecule has 9 heteroatoms. The molecule has 1 aromatic carbocycles. The molecule has 2 amide bonds. The van der Waals surface area contributed by atoms with Gasteiger partial charge >= 0.3 is 11.7 Å². The number of amides is 2. The van der Waals surface area contributed by atoms with Gasteiger partial charge in [-0.15, -0.1) is 0 Å². The topological polar surface area (TPSA) is 131 Å². The molecule has 1 fully saturated rings. The first kappa shape index (κ1) is 16.3. The number of carbonyl (C=O) groups is 2. The quantitative estimate of drug-likeness (QED) is 0.567. The molecule has 1 aromatic rings. The summed E-state index contributed by atoms with van der Waals surface area (Å²) >= 11 is 0. The Balaban J connectivity index is 2.60. The number of phenolic OH excluding ortho intramolecular Hbond substituents is 1. The zero-order valence-corrected chi connectivity index (χ0v) is 12.5. The van der Waals surface area contributed by atoms with Crippen LogP contribution in [0.2, 0.25) is 0 Å². The average molecular weight is 321 g/mol. The van der Waals surface area contributed by atoms with Crippen molar-refractivity contribution >= 4 is 17.5 Å². The maximum Gasteiger partial charge on any atom is 0.319 e. The SMILES string of the molecule is C=C1NC(=O)NC(c2cc(OC)c(O)c([N+](=O)[O-])c2)C1C(C)=O. The minimum absolute atomic E-state index is 0.130. The van der Waals surface area contributed by atoms with Gasteiger partial charge in [-0.3, -0.25) is 14.9 Å². The van der Waals surface area contributed by atoms with E-state index in [4.69, 9.17) is 4.74 Å². The first-order valence-electron chi connectivity index (χ1n) is 6.58. The van der Waals surface area contributed by atoms with Crippen LogP contribution in [-0.2, 0) is 4.79 Å². The van der Waals surface area contributed by atoms with Crippen molar-refractivity contribution in [3.05, 3.63) is 40.1 Å². The van der Waals surface area contributed by atoms with E-state index < -0.39 is 34.4 Å². The lowest BCUT2D eigenvalue weighted by Gasteiger charge is -2.33. The molecule has 0 bridgehead atoms. The molecule has 1 aliphatic heterocycles. The molecule has 0 aromatic heterocycles. The highest BCUT2D eigenvalue weighted by atomic mass is 16.6. The molecule has 3 N–H and O–H groups in total. The third-order valence-corrected chi connectivity index (χ3v) is 3.56. The fourth-order valence-corrected chi connectivity index (χ4v) is 2.53. The van der Waals surface area contributed by atoms with Gasteiger partial charge in [-0.1, -0.05) is 6.58 Å². The normalized spacial score (nSPS) is 20.4. The Morgan fingerprint density at radius 2 is 2.13 bits per heavy atom. The number of hydrogen-bond donors (Lipinski definition) is 3. The number of methoxy groups -OCH3 is 1. The Labute approximate surface area is 131 Å². The summed E-state index contributed by atoms with van der Waals surface area (Å²) in [5.74, 6) is -1.83. The highest BCUT2D eigenvalue weighted by Gasteiger charge is 2.37. The van der Waals surface area contributed by atoms with Gasteiger partial charge in [0.05, 0.1) is 24.0 Å². The van der Waals surface area contributed by atoms with E-state index in [0.29, 0.717) is 0 Å².